The summed E-state index contributed by atoms with van der Waals surface area (Å²) in [4.78, 5) is 12.5. The molecule has 21 heteroatoms. The van der Waals surface area contributed by atoms with Gasteiger partial charge in [0.2, 0.25) is 0 Å². The number of hydrogen-bond donors (Lipinski definition) is 0. The second-order valence-corrected chi connectivity index (χ2v) is 15.6. The van der Waals surface area contributed by atoms with Gasteiger partial charge in [-0.05, 0) is 23.7 Å². The minimum atomic E-state index is -6.59. The Morgan fingerprint density at radius 2 is 0.705 bits per heavy atom. The predicted molar refractivity (Wildman–Crippen MR) is 140 cm³/mol. The van der Waals surface area contributed by atoms with Gasteiger partial charge < -0.3 is 0 Å². The van der Waals surface area contributed by atoms with Crippen molar-refractivity contribution in [1.82, 2.24) is 0 Å². The molecule has 0 saturated carbocycles. The molecule has 2 unspecified atom stereocenters. The summed E-state index contributed by atoms with van der Waals surface area (Å²) in [6, 6.07) is 0. The van der Waals surface area contributed by atoms with Crippen LogP contribution in [0.4, 0.5) is 61.5 Å². The van der Waals surface area contributed by atoms with Crippen LogP contribution in [-0.2, 0) is 4.79 Å². The first kappa shape index (κ1) is 44.4. The van der Waals surface area contributed by atoms with Crippen molar-refractivity contribution in [1.29, 1.82) is 0 Å². The largest absolute Gasteiger partial charge is 0.434 e. The smallest absolute Gasteiger partial charge is 0.300 e. The average Bonchev–Trinajstić information content (AvgIpc) is 2.76. The summed E-state index contributed by atoms with van der Waals surface area (Å²) >= 11 is 33.0. The Morgan fingerprint density at radius 3 is 0.886 bits per heavy atom. The molecule has 0 bridgehead atoms. The molecule has 0 aromatic carbocycles. The van der Waals surface area contributed by atoms with Gasteiger partial charge in [-0.25, -0.2) is 8.78 Å². The quantitative estimate of drug-likeness (QED) is 0.126. The molecule has 44 heavy (non-hydrogen) atoms. The van der Waals surface area contributed by atoms with E-state index in [0.717, 1.165) is 0 Å². The number of carbonyl (C=O) groups excluding carboxylic acids is 1. The van der Waals surface area contributed by atoms with Crippen LogP contribution < -0.4 is 0 Å². The number of ketones is 1. The molecule has 0 aromatic heterocycles. The Labute approximate surface area is 273 Å². The van der Waals surface area contributed by atoms with E-state index in [4.69, 9.17) is 69.6 Å². The lowest BCUT2D eigenvalue weighted by Gasteiger charge is -2.42. The highest BCUT2D eigenvalue weighted by Crippen LogP contribution is 2.60. The lowest BCUT2D eigenvalue weighted by Crippen LogP contribution is -2.64. The number of rotatable bonds is 14. The highest BCUT2D eigenvalue weighted by Gasteiger charge is 2.82. The summed E-state index contributed by atoms with van der Waals surface area (Å²) in [5.41, 5.74) is -15.1. The molecule has 1 nitrogen and oxygen atoms in total. The Balaban J connectivity index is 5.55. The van der Waals surface area contributed by atoms with Gasteiger partial charge in [0.1, 0.15) is 5.78 Å². The first-order valence-corrected chi connectivity index (χ1v) is 14.4. The molecule has 0 saturated heterocycles. The fraction of sp³-hybridized carbons (Fsp3) is 0.957. The van der Waals surface area contributed by atoms with Crippen LogP contribution in [0.2, 0.25) is 0 Å². The molecule has 0 aromatic rings. The van der Waals surface area contributed by atoms with E-state index < -0.39 is 97.8 Å². The van der Waals surface area contributed by atoms with E-state index in [9.17, 15) is 66.3 Å². The van der Waals surface area contributed by atoms with E-state index in [0.29, 0.717) is 0 Å². The van der Waals surface area contributed by atoms with Crippen molar-refractivity contribution in [2.75, 3.05) is 0 Å². The van der Waals surface area contributed by atoms with Crippen molar-refractivity contribution in [3.8, 4) is 0 Å². The topological polar surface area (TPSA) is 17.1 Å². The molecule has 2 atom stereocenters. The molecule has 0 aliphatic heterocycles. The van der Waals surface area contributed by atoms with E-state index in [1.165, 1.54) is 27.7 Å². The van der Waals surface area contributed by atoms with Crippen LogP contribution >= 0.6 is 69.6 Å². The number of halogens is 20. The Morgan fingerprint density at radius 1 is 0.500 bits per heavy atom. The molecule has 264 valence electrons. The van der Waals surface area contributed by atoms with Gasteiger partial charge in [-0.15, -0.1) is 23.2 Å². The zero-order valence-electron chi connectivity index (χ0n) is 22.9. The van der Waals surface area contributed by atoms with Gasteiger partial charge in [0.05, 0.1) is 0 Å². The SMILES string of the molecule is CC(C)(CCC(=O)CCC(C)(C)C(Cl)CC(Cl)(Cl)C(F)(C(F)(F)F)C(F)(F)F)C(Cl)CC(Cl)(Cl)C(F)(C(F)(F)F)C(F)(F)F. The van der Waals surface area contributed by atoms with Crippen LogP contribution in [0.15, 0.2) is 0 Å². The van der Waals surface area contributed by atoms with E-state index in [1.54, 1.807) is 0 Å². The van der Waals surface area contributed by atoms with Gasteiger partial charge in [-0.1, -0.05) is 74.1 Å². The van der Waals surface area contributed by atoms with Crippen molar-refractivity contribution in [3.05, 3.63) is 0 Å². The van der Waals surface area contributed by atoms with Gasteiger partial charge in [0.15, 0.2) is 8.67 Å². The maximum atomic E-state index is 14.4. The molecule has 0 fully saturated rings. The predicted octanol–water partition coefficient (Wildman–Crippen LogP) is 12.2. The normalized spacial score (nSPS) is 17.1. The lowest BCUT2D eigenvalue weighted by molar-refractivity contribution is -0.346. The average molecular weight is 797 g/mol. The van der Waals surface area contributed by atoms with E-state index >= 15 is 0 Å². The van der Waals surface area contributed by atoms with Crippen LogP contribution in [0, 0.1) is 10.8 Å². The molecule has 0 aliphatic rings. The third kappa shape index (κ3) is 9.31. The van der Waals surface area contributed by atoms with Gasteiger partial charge >= 0.3 is 36.0 Å². The first-order chi connectivity index (χ1) is 18.9. The summed E-state index contributed by atoms with van der Waals surface area (Å²) in [5.74, 6) is -0.666. The van der Waals surface area contributed by atoms with Crippen molar-refractivity contribution >= 4 is 75.4 Å². The van der Waals surface area contributed by atoms with Gasteiger partial charge in [-0.2, -0.15) is 52.7 Å². The van der Waals surface area contributed by atoms with E-state index in [1.807, 2.05) is 0 Å². The van der Waals surface area contributed by atoms with Gasteiger partial charge in [-0.3, -0.25) is 4.79 Å². The van der Waals surface area contributed by atoms with Crippen molar-refractivity contribution in [3.63, 3.8) is 0 Å². The number of carbonyl (C=O) groups is 1. The number of Topliss-reactive ketones (excluding diaryl/α,β-unsaturated/α-hetero) is 1. The third-order valence-electron chi connectivity index (χ3n) is 7.23. The maximum absolute atomic E-state index is 14.4. The molecule has 0 radical (unpaired) electrons. The van der Waals surface area contributed by atoms with Crippen molar-refractivity contribution < 1.29 is 66.3 Å². The standard InChI is InChI=1S/C23H26Cl6F14O/c1-14(2,12(24)9-16(26,27)18(30,20(32,33)34)21(35,36)37)7-5-11(44)6-8-15(3,4)13(25)10-17(28,29)19(31,22(38,39)40)23(41,42)43/h12-13H,5-10H2,1-4H3. The van der Waals surface area contributed by atoms with Crippen LogP contribution in [0.25, 0.3) is 0 Å². The van der Waals surface area contributed by atoms with Crippen LogP contribution in [0.1, 0.15) is 66.2 Å². The Bertz CT molecular complexity index is 882. The second kappa shape index (κ2) is 13.7. The summed E-state index contributed by atoms with van der Waals surface area (Å²) in [6.07, 6.45) is -31.1. The fourth-order valence-corrected chi connectivity index (χ4v) is 6.27. The maximum Gasteiger partial charge on any atom is 0.434 e. The minimum Gasteiger partial charge on any atom is -0.300 e. The van der Waals surface area contributed by atoms with Crippen LogP contribution in [0.5, 0.6) is 0 Å². The van der Waals surface area contributed by atoms with Crippen LogP contribution in [0.3, 0.4) is 0 Å². The molecule has 0 amide bonds. The second-order valence-electron chi connectivity index (χ2n) is 11.6. The zero-order chi connectivity index (χ0) is 36.0. The van der Waals surface area contributed by atoms with Crippen molar-refractivity contribution in [2.24, 2.45) is 10.8 Å². The van der Waals surface area contributed by atoms with Crippen molar-refractivity contribution in [2.45, 2.75) is 122 Å². The lowest BCUT2D eigenvalue weighted by atomic mass is 9.77. The van der Waals surface area contributed by atoms with Crippen LogP contribution in [-0.4, -0.2) is 61.2 Å². The van der Waals surface area contributed by atoms with E-state index in [-0.39, 0.29) is 12.8 Å². The third-order valence-corrected chi connectivity index (χ3v) is 10.4. The molecule has 0 aliphatic carbocycles. The summed E-state index contributed by atoms with van der Waals surface area (Å²) in [6.45, 7) is 4.80. The molecule has 0 heterocycles. The Hall–Kier alpha value is 0.430. The first-order valence-electron chi connectivity index (χ1n) is 12.1. The van der Waals surface area contributed by atoms with Gasteiger partial charge in [0, 0.05) is 36.4 Å². The van der Waals surface area contributed by atoms with Gasteiger partial charge in [0.25, 0.3) is 0 Å². The molecule has 0 rings (SSSR count). The molecule has 0 N–H and O–H groups in total. The highest BCUT2D eigenvalue weighted by molar-refractivity contribution is 6.50. The van der Waals surface area contributed by atoms with E-state index in [2.05, 4.69) is 0 Å². The Kier molecular flexibility index (Phi) is 13.9. The monoisotopic (exact) mass is 794 g/mol. The molecular weight excluding hydrogens is 771 g/mol. The number of hydrogen-bond acceptors (Lipinski definition) is 1. The number of alkyl halides is 20. The summed E-state index contributed by atoms with van der Waals surface area (Å²) < 4.78 is 178. The highest BCUT2D eigenvalue weighted by atomic mass is 35.5. The summed E-state index contributed by atoms with van der Waals surface area (Å²) in [5, 5.41) is -3.53. The summed E-state index contributed by atoms with van der Waals surface area (Å²) in [7, 11) is 0. The minimum absolute atomic E-state index is 0.333. The fourth-order valence-electron chi connectivity index (χ4n) is 3.80. The molecule has 0 spiro atoms. The zero-order valence-corrected chi connectivity index (χ0v) is 27.4. The molecular formula is C23H26Cl6F14O.